The number of rotatable bonds is 4. The van der Waals surface area contributed by atoms with E-state index in [4.69, 9.17) is 0 Å². The third kappa shape index (κ3) is 5.11. The van der Waals surface area contributed by atoms with E-state index in [1.54, 1.807) is 55.5 Å². The van der Waals surface area contributed by atoms with Crippen LogP contribution < -0.4 is 0 Å². The monoisotopic (exact) mass is 380 g/mol. The van der Waals surface area contributed by atoms with Crippen LogP contribution in [0.2, 0.25) is 0 Å². The van der Waals surface area contributed by atoms with Crippen molar-refractivity contribution in [1.29, 1.82) is 0 Å². The van der Waals surface area contributed by atoms with Crippen LogP contribution in [0.5, 0.6) is 0 Å². The van der Waals surface area contributed by atoms with E-state index in [9.17, 15) is 14.4 Å². The number of hydrogen-bond acceptors (Lipinski definition) is 3. The summed E-state index contributed by atoms with van der Waals surface area (Å²) < 4.78 is 0. The Labute approximate surface area is 169 Å². The van der Waals surface area contributed by atoms with Gasteiger partial charge in [-0.25, -0.2) is 0 Å². The highest BCUT2D eigenvalue weighted by molar-refractivity contribution is 6.49. The molecule has 0 saturated carbocycles. The fourth-order valence-electron chi connectivity index (χ4n) is 2.85. The summed E-state index contributed by atoms with van der Waals surface area (Å²) in [6.07, 6.45) is 0. The van der Waals surface area contributed by atoms with E-state index < -0.39 is 11.6 Å². The number of Topliss-reactive ketones (excluding diaryl/α,β-unsaturated/α-hetero) is 3. The molecule has 3 nitrogen and oxygen atoms in total. The SMILES string of the molecule is CC(=O)c1ccc2ccccc2c1.O=C(C(=O)c1ccccc1)c1ccccc1. The average Bonchev–Trinajstić information content (AvgIpc) is 2.79. The average molecular weight is 380 g/mol. The standard InChI is InChI=1S/C14H10O2.C12H10O/c15-13(11-7-3-1-4-8-11)14(16)12-9-5-2-6-10-12;1-9(13)11-7-6-10-4-2-3-5-12(10)8-11/h1-10H;2-8H,1H3. The second-order valence-corrected chi connectivity index (χ2v) is 6.51. The zero-order chi connectivity index (χ0) is 20.6. The summed E-state index contributed by atoms with van der Waals surface area (Å²) in [6.45, 7) is 1.59. The van der Waals surface area contributed by atoms with Gasteiger partial charge in [-0.2, -0.15) is 0 Å². The third-order valence-electron chi connectivity index (χ3n) is 4.43. The molecule has 0 unspecified atom stereocenters. The summed E-state index contributed by atoms with van der Waals surface area (Å²) in [5.74, 6) is -0.815. The first-order valence-electron chi connectivity index (χ1n) is 9.25. The highest BCUT2D eigenvalue weighted by atomic mass is 16.2. The number of fused-ring (bicyclic) bond motifs is 1. The van der Waals surface area contributed by atoms with Crippen LogP contribution in [0, 0.1) is 0 Å². The summed E-state index contributed by atoms with van der Waals surface area (Å²) in [5, 5.41) is 2.29. The van der Waals surface area contributed by atoms with E-state index in [2.05, 4.69) is 0 Å². The Balaban J connectivity index is 0.000000169. The fourth-order valence-corrected chi connectivity index (χ4v) is 2.85. The lowest BCUT2D eigenvalue weighted by molar-refractivity contribution is 0.0817. The molecule has 0 aromatic heterocycles. The second kappa shape index (κ2) is 9.38. The molecule has 0 N–H and O–H groups in total. The summed E-state index contributed by atoms with van der Waals surface area (Å²) in [7, 11) is 0. The zero-order valence-electron chi connectivity index (χ0n) is 16.0. The molecule has 0 atom stereocenters. The van der Waals surface area contributed by atoms with Gasteiger partial charge < -0.3 is 0 Å². The molecule has 0 spiro atoms. The lowest BCUT2D eigenvalue weighted by Gasteiger charge is -1.99. The van der Waals surface area contributed by atoms with E-state index in [1.807, 2.05) is 54.6 Å². The van der Waals surface area contributed by atoms with Gasteiger partial charge in [-0.3, -0.25) is 14.4 Å². The summed E-state index contributed by atoms with van der Waals surface area (Å²) >= 11 is 0. The third-order valence-corrected chi connectivity index (χ3v) is 4.43. The van der Waals surface area contributed by atoms with E-state index in [1.165, 1.54) is 5.39 Å². The van der Waals surface area contributed by atoms with Gasteiger partial charge in [-0.15, -0.1) is 0 Å². The minimum Gasteiger partial charge on any atom is -0.295 e. The van der Waals surface area contributed by atoms with Crippen molar-refractivity contribution in [2.45, 2.75) is 6.92 Å². The van der Waals surface area contributed by atoms with Crippen LogP contribution in [0.1, 0.15) is 38.0 Å². The van der Waals surface area contributed by atoms with Gasteiger partial charge >= 0.3 is 0 Å². The topological polar surface area (TPSA) is 51.2 Å². The predicted molar refractivity (Wildman–Crippen MR) is 115 cm³/mol. The molecule has 0 heterocycles. The van der Waals surface area contributed by atoms with Crippen LogP contribution in [0.4, 0.5) is 0 Å². The molecule has 0 aliphatic heterocycles. The Morgan fingerprint density at radius 3 is 1.41 bits per heavy atom. The maximum Gasteiger partial charge on any atom is 0.233 e. The summed E-state index contributed by atoms with van der Waals surface area (Å²) in [6, 6.07) is 31.0. The van der Waals surface area contributed by atoms with Crippen molar-refractivity contribution in [3.8, 4) is 0 Å². The highest BCUT2D eigenvalue weighted by Crippen LogP contribution is 2.15. The molecule has 0 bridgehead atoms. The minimum absolute atomic E-state index is 0.116. The first-order chi connectivity index (χ1) is 14.1. The molecular weight excluding hydrogens is 360 g/mol. The normalized spacial score (nSPS) is 9.97. The molecule has 29 heavy (non-hydrogen) atoms. The molecule has 4 rings (SSSR count). The molecule has 4 aromatic carbocycles. The number of carbonyl (C=O) groups excluding carboxylic acids is 3. The van der Waals surface area contributed by atoms with Crippen LogP contribution in [0.3, 0.4) is 0 Å². The van der Waals surface area contributed by atoms with Crippen molar-refractivity contribution in [3.05, 3.63) is 120 Å². The van der Waals surface area contributed by atoms with E-state index in [0.717, 1.165) is 10.9 Å². The van der Waals surface area contributed by atoms with Crippen molar-refractivity contribution in [2.75, 3.05) is 0 Å². The van der Waals surface area contributed by atoms with Gasteiger partial charge in [0.2, 0.25) is 11.6 Å². The van der Waals surface area contributed by atoms with Gasteiger partial charge in [0.05, 0.1) is 0 Å². The van der Waals surface area contributed by atoms with Crippen LogP contribution in [-0.2, 0) is 0 Å². The Morgan fingerprint density at radius 2 is 0.931 bits per heavy atom. The molecule has 0 aliphatic carbocycles. The maximum atomic E-state index is 11.8. The van der Waals surface area contributed by atoms with Crippen LogP contribution in [0.25, 0.3) is 10.8 Å². The Bertz CT molecular complexity index is 1100. The summed E-state index contributed by atoms with van der Waals surface area (Å²) in [5.41, 5.74) is 1.63. The fraction of sp³-hybridized carbons (Fsp3) is 0.0385. The van der Waals surface area contributed by atoms with Gasteiger partial charge in [0, 0.05) is 16.7 Å². The summed E-state index contributed by atoms with van der Waals surface area (Å²) in [4.78, 5) is 34.7. The van der Waals surface area contributed by atoms with Gasteiger partial charge in [0.15, 0.2) is 5.78 Å². The Morgan fingerprint density at radius 1 is 0.483 bits per heavy atom. The number of hydrogen-bond donors (Lipinski definition) is 0. The van der Waals surface area contributed by atoms with E-state index in [-0.39, 0.29) is 5.78 Å². The van der Waals surface area contributed by atoms with Crippen LogP contribution >= 0.6 is 0 Å². The van der Waals surface area contributed by atoms with Crippen LogP contribution in [-0.4, -0.2) is 17.3 Å². The van der Waals surface area contributed by atoms with Crippen molar-refractivity contribution in [3.63, 3.8) is 0 Å². The lowest BCUT2D eigenvalue weighted by Crippen LogP contribution is -2.14. The van der Waals surface area contributed by atoms with Gasteiger partial charge in [-0.05, 0) is 23.8 Å². The van der Waals surface area contributed by atoms with Gasteiger partial charge in [0.25, 0.3) is 0 Å². The lowest BCUT2D eigenvalue weighted by atomic mass is 10.0. The first kappa shape index (κ1) is 19.9. The van der Waals surface area contributed by atoms with Crippen molar-refractivity contribution in [2.24, 2.45) is 0 Å². The van der Waals surface area contributed by atoms with Crippen molar-refractivity contribution in [1.82, 2.24) is 0 Å². The zero-order valence-corrected chi connectivity index (χ0v) is 16.0. The number of carbonyl (C=O) groups is 3. The Hall–Kier alpha value is -3.85. The number of ketones is 3. The van der Waals surface area contributed by atoms with Crippen molar-refractivity contribution >= 4 is 28.1 Å². The molecule has 142 valence electrons. The molecule has 0 fully saturated rings. The predicted octanol–water partition coefficient (Wildman–Crippen LogP) is 5.79. The molecule has 4 aromatic rings. The molecule has 0 saturated heterocycles. The van der Waals surface area contributed by atoms with Crippen LogP contribution in [0.15, 0.2) is 103 Å². The quantitative estimate of drug-likeness (QED) is 0.332. The maximum absolute atomic E-state index is 11.8. The highest BCUT2D eigenvalue weighted by Gasteiger charge is 2.17. The smallest absolute Gasteiger partial charge is 0.233 e. The molecule has 0 radical (unpaired) electrons. The second-order valence-electron chi connectivity index (χ2n) is 6.51. The van der Waals surface area contributed by atoms with Gasteiger partial charge in [0.1, 0.15) is 0 Å². The minimum atomic E-state index is -0.466. The molecule has 3 heteroatoms. The van der Waals surface area contributed by atoms with E-state index in [0.29, 0.717) is 11.1 Å². The van der Waals surface area contributed by atoms with Crippen molar-refractivity contribution < 1.29 is 14.4 Å². The molecule has 0 aliphatic rings. The van der Waals surface area contributed by atoms with E-state index >= 15 is 0 Å². The largest absolute Gasteiger partial charge is 0.295 e. The number of benzene rings is 4. The Kier molecular flexibility index (Phi) is 6.43. The first-order valence-corrected chi connectivity index (χ1v) is 9.25. The molecular formula is C26H20O3. The van der Waals surface area contributed by atoms with Gasteiger partial charge in [-0.1, -0.05) is 97.1 Å². The molecule has 0 amide bonds.